The summed E-state index contributed by atoms with van der Waals surface area (Å²) in [5.74, 6) is -3.19. The number of methoxy groups -OCH3 is 2. The number of hydrogen-bond donors (Lipinski definition) is 0. The fourth-order valence-electron chi connectivity index (χ4n) is 0.991. The molecule has 76 valence electrons. The van der Waals surface area contributed by atoms with Crippen LogP contribution in [0.2, 0.25) is 0 Å². The molecule has 0 aliphatic carbocycles. The van der Waals surface area contributed by atoms with Crippen molar-refractivity contribution in [2.24, 2.45) is 0 Å². The van der Waals surface area contributed by atoms with Crippen LogP contribution >= 0.6 is 0 Å². The minimum Gasteiger partial charge on any atom is -0.491 e. The summed E-state index contributed by atoms with van der Waals surface area (Å²) in [7, 11) is 2.27. The summed E-state index contributed by atoms with van der Waals surface area (Å²) in [6.45, 7) is 0. The van der Waals surface area contributed by atoms with Crippen LogP contribution in [0, 0.1) is 11.6 Å². The molecule has 0 spiro atoms. The highest BCUT2D eigenvalue weighted by atomic mass is 19.1. The van der Waals surface area contributed by atoms with E-state index in [0.29, 0.717) is 0 Å². The first-order valence-electron chi connectivity index (χ1n) is 3.71. The van der Waals surface area contributed by atoms with Gasteiger partial charge in [-0.25, -0.2) is 13.6 Å². The Balaban J connectivity index is 3.20. The normalized spacial score (nSPS) is 9.71. The number of halogens is 2. The van der Waals surface area contributed by atoms with Crippen LogP contribution in [-0.4, -0.2) is 20.2 Å². The van der Waals surface area contributed by atoms with Crippen LogP contribution in [0.3, 0.4) is 0 Å². The van der Waals surface area contributed by atoms with Gasteiger partial charge in [0.25, 0.3) is 0 Å². The Bertz CT molecular complexity index is 340. The lowest BCUT2D eigenvalue weighted by Crippen LogP contribution is -2.04. The highest BCUT2D eigenvalue weighted by Crippen LogP contribution is 2.22. The quantitative estimate of drug-likeness (QED) is 0.685. The molecule has 0 atom stereocenters. The number of ether oxygens (including phenoxy) is 2. The number of rotatable bonds is 2. The van der Waals surface area contributed by atoms with Gasteiger partial charge in [-0.15, -0.1) is 0 Å². The van der Waals surface area contributed by atoms with Gasteiger partial charge in [-0.3, -0.25) is 0 Å². The second-order valence-corrected chi connectivity index (χ2v) is 2.46. The van der Waals surface area contributed by atoms with Crippen molar-refractivity contribution < 1.29 is 23.0 Å². The van der Waals surface area contributed by atoms with E-state index >= 15 is 0 Å². The standard InChI is InChI=1S/C9H8F2O3/c1-13-8-6(10)3-5(4-7(8)11)9(12)14-2/h3-4H,1-2H3. The number of hydrogen-bond acceptors (Lipinski definition) is 3. The van der Waals surface area contributed by atoms with Gasteiger partial charge in [0, 0.05) is 0 Å². The molecule has 0 fully saturated rings. The zero-order valence-corrected chi connectivity index (χ0v) is 7.64. The minimum atomic E-state index is -0.937. The van der Waals surface area contributed by atoms with Gasteiger partial charge in [0.15, 0.2) is 17.4 Å². The maximum atomic E-state index is 13.0. The van der Waals surface area contributed by atoms with Gasteiger partial charge in [-0.1, -0.05) is 0 Å². The maximum Gasteiger partial charge on any atom is 0.338 e. The lowest BCUT2D eigenvalue weighted by Gasteiger charge is -2.05. The van der Waals surface area contributed by atoms with Crippen molar-refractivity contribution in [2.75, 3.05) is 14.2 Å². The molecule has 0 heterocycles. The van der Waals surface area contributed by atoms with E-state index in [9.17, 15) is 13.6 Å². The van der Waals surface area contributed by atoms with E-state index in [1.807, 2.05) is 0 Å². The Morgan fingerprint density at radius 1 is 1.21 bits per heavy atom. The van der Waals surface area contributed by atoms with Gasteiger partial charge < -0.3 is 9.47 Å². The monoisotopic (exact) mass is 202 g/mol. The van der Waals surface area contributed by atoms with E-state index in [1.165, 1.54) is 0 Å². The Labute approximate surface area is 79.2 Å². The fourth-order valence-corrected chi connectivity index (χ4v) is 0.991. The van der Waals surface area contributed by atoms with Crippen molar-refractivity contribution in [3.63, 3.8) is 0 Å². The first kappa shape index (κ1) is 10.4. The lowest BCUT2D eigenvalue weighted by molar-refractivity contribution is 0.0599. The fraction of sp³-hybridized carbons (Fsp3) is 0.222. The lowest BCUT2D eigenvalue weighted by atomic mass is 10.2. The van der Waals surface area contributed by atoms with Crippen molar-refractivity contribution in [1.29, 1.82) is 0 Å². The molecule has 0 amide bonds. The van der Waals surface area contributed by atoms with Crippen LogP contribution in [0.15, 0.2) is 12.1 Å². The molecule has 0 saturated heterocycles. The smallest absolute Gasteiger partial charge is 0.338 e. The molecule has 0 aromatic heterocycles. The number of esters is 1. The van der Waals surface area contributed by atoms with E-state index in [2.05, 4.69) is 9.47 Å². The maximum absolute atomic E-state index is 13.0. The van der Waals surface area contributed by atoms with E-state index in [-0.39, 0.29) is 5.56 Å². The van der Waals surface area contributed by atoms with E-state index in [4.69, 9.17) is 0 Å². The van der Waals surface area contributed by atoms with Crippen molar-refractivity contribution in [3.8, 4) is 5.75 Å². The minimum absolute atomic E-state index is 0.191. The van der Waals surface area contributed by atoms with E-state index in [1.54, 1.807) is 0 Å². The first-order chi connectivity index (χ1) is 6.60. The van der Waals surface area contributed by atoms with Crippen LogP contribution in [0.5, 0.6) is 5.75 Å². The van der Waals surface area contributed by atoms with Gasteiger partial charge >= 0.3 is 5.97 Å². The average molecular weight is 202 g/mol. The predicted octanol–water partition coefficient (Wildman–Crippen LogP) is 1.76. The summed E-state index contributed by atoms with van der Waals surface area (Å²) in [6, 6.07) is 1.71. The van der Waals surface area contributed by atoms with Gasteiger partial charge in [-0.05, 0) is 12.1 Å². The molecular formula is C9H8F2O3. The third-order valence-corrected chi connectivity index (χ3v) is 1.62. The second kappa shape index (κ2) is 4.04. The summed E-state index contributed by atoms with van der Waals surface area (Å²) >= 11 is 0. The predicted molar refractivity (Wildman–Crippen MR) is 44.2 cm³/mol. The Morgan fingerprint density at radius 3 is 2.07 bits per heavy atom. The molecule has 3 nitrogen and oxygen atoms in total. The third kappa shape index (κ3) is 1.81. The highest BCUT2D eigenvalue weighted by molar-refractivity contribution is 5.89. The number of benzene rings is 1. The zero-order valence-electron chi connectivity index (χ0n) is 7.64. The summed E-state index contributed by atoms with van der Waals surface area (Å²) in [5.41, 5.74) is -0.191. The zero-order chi connectivity index (χ0) is 10.7. The number of carbonyl (C=O) groups is 1. The van der Waals surface area contributed by atoms with Crippen LogP contribution in [0.25, 0.3) is 0 Å². The van der Waals surface area contributed by atoms with Crippen molar-refractivity contribution >= 4 is 5.97 Å². The van der Waals surface area contributed by atoms with Crippen molar-refractivity contribution in [1.82, 2.24) is 0 Å². The van der Waals surface area contributed by atoms with E-state index in [0.717, 1.165) is 26.4 Å². The molecule has 1 rings (SSSR count). The Morgan fingerprint density at radius 2 is 1.71 bits per heavy atom. The second-order valence-electron chi connectivity index (χ2n) is 2.46. The van der Waals surface area contributed by atoms with Crippen LogP contribution < -0.4 is 4.74 Å². The highest BCUT2D eigenvalue weighted by Gasteiger charge is 2.15. The van der Waals surface area contributed by atoms with Gasteiger partial charge in [0.2, 0.25) is 0 Å². The van der Waals surface area contributed by atoms with Crippen LogP contribution in [0.1, 0.15) is 10.4 Å². The molecule has 1 aromatic rings. The largest absolute Gasteiger partial charge is 0.491 e. The van der Waals surface area contributed by atoms with Crippen LogP contribution in [-0.2, 0) is 4.74 Å². The third-order valence-electron chi connectivity index (χ3n) is 1.62. The van der Waals surface area contributed by atoms with Crippen LogP contribution in [0.4, 0.5) is 8.78 Å². The number of carbonyl (C=O) groups excluding carboxylic acids is 1. The molecule has 1 aromatic carbocycles. The molecule has 0 saturated carbocycles. The average Bonchev–Trinajstić information content (AvgIpc) is 2.16. The molecule has 0 unspecified atom stereocenters. The van der Waals surface area contributed by atoms with E-state index < -0.39 is 23.4 Å². The summed E-state index contributed by atoms with van der Waals surface area (Å²) in [4.78, 5) is 10.9. The summed E-state index contributed by atoms with van der Waals surface area (Å²) in [5, 5.41) is 0. The molecule has 0 aliphatic heterocycles. The van der Waals surface area contributed by atoms with Crippen molar-refractivity contribution in [2.45, 2.75) is 0 Å². The molecule has 0 N–H and O–H groups in total. The van der Waals surface area contributed by atoms with Gasteiger partial charge in [0.1, 0.15) is 0 Å². The molecule has 0 bridgehead atoms. The molecule has 5 heteroatoms. The first-order valence-corrected chi connectivity index (χ1v) is 3.71. The Hall–Kier alpha value is -1.65. The molecular weight excluding hydrogens is 194 g/mol. The summed E-state index contributed by atoms with van der Waals surface area (Å²) < 4.78 is 34.8. The SMILES string of the molecule is COC(=O)c1cc(F)c(OC)c(F)c1. The topological polar surface area (TPSA) is 35.5 Å². The summed E-state index contributed by atoms with van der Waals surface area (Å²) in [6.07, 6.45) is 0. The molecule has 0 radical (unpaired) electrons. The molecule has 0 aliphatic rings. The van der Waals surface area contributed by atoms with Crippen molar-refractivity contribution in [3.05, 3.63) is 29.3 Å². The molecule has 14 heavy (non-hydrogen) atoms. The van der Waals surface area contributed by atoms with Gasteiger partial charge in [-0.2, -0.15) is 0 Å². The Kier molecular flexibility index (Phi) is 3.01. The van der Waals surface area contributed by atoms with Gasteiger partial charge in [0.05, 0.1) is 19.8 Å².